The van der Waals surface area contributed by atoms with Crippen LogP contribution in [0.15, 0.2) is 54.9 Å². The number of hydrogen-bond donors (Lipinski definition) is 1. The molecule has 1 aromatic heterocycles. The van der Waals surface area contributed by atoms with Crippen LogP contribution in [0.5, 0.6) is 0 Å². The minimum absolute atomic E-state index is 0.0387. The number of nitrogens with one attached hydrogen (secondary N) is 1. The first-order valence-corrected chi connectivity index (χ1v) is 8.88. The lowest BCUT2D eigenvalue weighted by molar-refractivity contribution is 0.108. The van der Waals surface area contributed by atoms with Crippen molar-refractivity contribution < 1.29 is 9.53 Å². The minimum Gasteiger partial charge on any atom is -0.376 e. The summed E-state index contributed by atoms with van der Waals surface area (Å²) in [5.41, 5.74) is 2.31. The van der Waals surface area contributed by atoms with Crippen molar-refractivity contribution in [3.05, 3.63) is 66.0 Å². The zero-order chi connectivity index (χ0) is 17.3. The van der Waals surface area contributed by atoms with Crippen LogP contribution in [0.4, 0.5) is 4.79 Å². The van der Waals surface area contributed by atoms with Crippen molar-refractivity contribution in [2.75, 3.05) is 19.7 Å². The Balaban J connectivity index is 1.59. The minimum atomic E-state index is -0.0387. The molecule has 1 saturated heterocycles. The normalized spacial score (nSPS) is 16.6. The average molecular weight is 339 g/mol. The zero-order valence-electron chi connectivity index (χ0n) is 14.4. The van der Waals surface area contributed by atoms with Gasteiger partial charge in [0.25, 0.3) is 0 Å². The molecular weight excluding hydrogens is 314 g/mol. The van der Waals surface area contributed by atoms with Crippen LogP contribution in [0.3, 0.4) is 0 Å². The van der Waals surface area contributed by atoms with Crippen LogP contribution in [0.1, 0.15) is 24.0 Å². The van der Waals surface area contributed by atoms with E-state index >= 15 is 0 Å². The zero-order valence-corrected chi connectivity index (χ0v) is 14.4. The predicted octanol–water partition coefficient (Wildman–Crippen LogP) is 3.01. The van der Waals surface area contributed by atoms with Crippen molar-refractivity contribution in [2.45, 2.75) is 31.9 Å². The molecular formula is C20H25N3O2. The van der Waals surface area contributed by atoms with Gasteiger partial charge >= 0.3 is 6.03 Å². The van der Waals surface area contributed by atoms with Gasteiger partial charge in [0.05, 0.1) is 6.10 Å². The van der Waals surface area contributed by atoms with Gasteiger partial charge in [0.1, 0.15) is 0 Å². The Kier molecular flexibility index (Phi) is 6.40. The number of carbonyl (C=O) groups excluding carboxylic acids is 1. The summed E-state index contributed by atoms with van der Waals surface area (Å²) in [4.78, 5) is 18.6. The second-order valence-electron chi connectivity index (χ2n) is 6.33. The van der Waals surface area contributed by atoms with Gasteiger partial charge in [-0.1, -0.05) is 30.3 Å². The number of benzene rings is 1. The maximum Gasteiger partial charge on any atom is 0.317 e. The quantitative estimate of drug-likeness (QED) is 0.844. The number of hydrogen-bond acceptors (Lipinski definition) is 3. The van der Waals surface area contributed by atoms with Crippen LogP contribution in [-0.4, -0.2) is 41.7 Å². The van der Waals surface area contributed by atoms with Crippen LogP contribution in [-0.2, 0) is 17.7 Å². The molecule has 0 unspecified atom stereocenters. The van der Waals surface area contributed by atoms with Crippen molar-refractivity contribution in [1.29, 1.82) is 0 Å². The molecule has 5 nitrogen and oxygen atoms in total. The molecule has 5 heteroatoms. The van der Waals surface area contributed by atoms with Crippen LogP contribution in [0.25, 0.3) is 0 Å². The monoisotopic (exact) mass is 339 g/mol. The van der Waals surface area contributed by atoms with Gasteiger partial charge in [-0.3, -0.25) is 4.98 Å². The van der Waals surface area contributed by atoms with Crippen molar-refractivity contribution >= 4 is 6.03 Å². The summed E-state index contributed by atoms with van der Waals surface area (Å²) >= 11 is 0. The van der Waals surface area contributed by atoms with E-state index in [1.807, 2.05) is 35.2 Å². The molecule has 1 aliphatic heterocycles. The number of amides is 2. The van der Waals surface area contributed by atoms with Gasteiger partial charge in [-0.25, -0.2) is 4.79 Å². The van der Waals surface area contributed by atoms with E-state index in [1.54, 1.807) is 12.4 Å². The Bertz CT molecular complexity index is 643. The van der Waals surface area contributed by atoms with E-state index in [0.717, 1.165) is 31.4 Å². The number of aromatic nitrogens is 1. The molecule has 0 spiro atoms. The van der Waals surface area contributed by atoms with Crippen molar-refractivity contribution in [2.24, 2.45) is 0 Å². The molecule has 1 aromatic carbocycles. The highest BCUT2D eigenvalue weighted by Crippen LogP contribution is 2.11. The Morgan fingerprint density at radius 2 is 1.96 bits per heavy atom. The molecule has 0 saturated carbocycles. The van der Waals surface area contributed by atoms with E-state index in [-0.39, 0.29) is 12.1 Å². The number of carbonyl (C=O) groups is 1. The lowest BCUT2D eigenvalue weighted by atomic mass is 10.1. The molecule has 1 atom stereocenters. The summed E-state index contributed by atoms with van der Waals surface area (Å²) in [6, 6.07) is 14.1. The third kappa shape index (κ3) is 5.57. The highest BCUT2D eigenvalue weighted by molar-refractivity contribution is 5.74. The summed E-state index contributed by atoms with van der Waals surface area (Å²) in [5.74, 6) is 0. The van der Waals surface area contributed by atoms with Gasteiger partial charge in [0.2, 0.25) is 0 Å². The highest BCUT2D eigenvalue weighted by Gasteiger charge is 2.19. The van der Waals surface area contributed by atoms with Gasteiger partial charge in [0, 0.05) is 38.6 Å². The predicted molar refractivity (Wildman–Crippen MR) is 97.2 cm³/mol. The van der Waals surface area contributed by atoms with Gasteiger partial charge in [-0.05, 0) is 42.5 Å². The molecule has 0 radical (unpaired) electrons. The van der Waals surface area contributed by atoms with E-state index in [4.69, 9.17) is 4.74 Å². The van der Waals surface area contributed by atoms with E-state index in [1.165, 1.54) is 5.56 Å². The number of rotatable bonds is 7. The molecule has 2 heterocycles. The van der Waals surface area contributed by atoms with E-state index < -0.39 is 0 Å². The topological polar surface area (TPSA) is 54.5 Å². The number of nitrogens with zero attached hydrogens (tertiary/aromatic N) is 2. The third-order valence-corrected chi connectivity index (χ3v) is 4.43. The molecule has 0 aliphatic carbocycles. The van der Waals surface area contributed by atoms with E-state index in [2.05, 4.69) is 22.4 Å². The molecule has 2 aromatic rings. The summed E-state index contributed by atoms with van der Waals surface area (Å²) in [6.07, 6.45) is 6.61. The Morgan fingerprint density at radius 1 is 1.16 bits per heavy atom. The first-order chi connectivity index (χ1) is 12.3. The summed E-state index contributed by atoms with van der Waals surface area (Å²) in [5, 5.41) is 3.03. The van der Waals surface area contributed by atoms with Crippen molar-refractivity contribution in [3.63, 3.8) is 0 Å². The molecule has 3 rings (SSSR count). The standard InChI is InChI=1S/C20H25N3O2/c24-20(22-15-19-7-4-14-25-19)23(16-18-8-11-21-12-9-18)13-10-17-5-2-1-3-6-17/h1-3,5-6,8-9,11-12,19H,4,7,10,13-16H2,(H,22,24)/t19-/m1/s1. The second-order valence-corrected chi connectivity index (χ2v) is 6.33. The average Bonchev–Trinajstić information content (AvgIpc) is 3.18. The smallest absolute Gasteiger partial charge is 0.317 e. The number of urea groups is 1. The molecule has 0 bridgehead atoms. The first kappa shape index (κ1) is 17.4. The summed E-state index contributed by atoms with van der Waals surface area (Å²) < 4.78 is 5.59. The Morgan fingerprint density at radius 3 is 2.68 bits per heavy atom. The van der Waals surface area contributed by atoms with Crippen LogP contribution >= 0.6 is 0 Å². The maximum atomic E-state index is 12.7. The lowest BCUT2D eigenvalue weighted by Crippen LogP contribution is -2.43. The van der Waals surface area contributed by atoms with Gasteiger partial charge in [-0.15, -0.1) is 0 Å². The maximum absolute atomic E-state index is 12.7. The fourth-order valence-electron chi connectivity index (χ4n) is 2.99. The van der Waals surface area contributed by atoms with Crippen molar-refractivity contribution in [3.8, 4) is 0 Å². The van der Waals surface area contributed by atoms with Gasteiger partial charge in [-0.2, -0.15) is 0 Å². The van der Waals surface area contributed by atoms with Gasteiger partial charge in [0.15, 0.2) is 0 Å². The molecule has 1 N–H and O–H groups in total. The second kappa shape index (κ2) is 9.18. The Labute approximate surface area is 149 Å². The fraction of sp³-hybridized carbons (Fsp3) is 0.400. The van der Waals surface area contributed by atoms with Crippen LogP contribution in [0.2, 0.25) is 0 Å². The molecule has 2 amide bonds. The SMILES string of the molecule is O=C(NC[C@H]1CCCO1)N(CCc1ccccc1)Cc1ccncc1. The van der Waals surface area contributed by atoms with E-state index in [0.29, 0.717) is 19.6 Å². The van der Waals surface area contributed by atoms with E-state index in [9.17, 15) is 4.79 Å². The van der Waals surface area contributed by atoms with Crippen LogP contribution in [0, 0.1) is 0 Å². The Hall–Kier alpha value is -2.40. The highest BCUT2D eigenvalue weighted by atomic mass is 16.5. The molecule has 132 valence electrons. The van der Waals surface area contributed by atoms with Gasteiger partial charge < -0.3 is 15.0 Å². The van der Waals surface area contributed by atoms with Crippen LogP contribution < -0.4 is 5.32 Å². The lowest BCUT2D eigenvalue weighted by Gasteiger charge is -2.24. The third-order valence-electron chi connectivity index (χ3n) is 4.43. The molecule has 1 fully saturated rings. The number of pyridine rings is 1. The summed E-state index contributed by atoms with van der Waals surface area (Å²) in [7, 11) is 0. The number of ether oxygens (including phenoxy) is 1. The van der Waals surface area contributed by atoms with Crippen molar-refractivity contribution in [1.82, 2.24) is 15.2 Å². The summed E-state index contributed by atoms with van der Waals surface area (Å²) in [6.45, 7) is 2.63. The fourth-order valence-corrected chi connectivity index (χ4v) is 2.99. The largest absolute Gasteiger partial charge is 0.376 e. The molecule has 25 heavy (non-hydrogen) atoms. The molecule has 1 aliphatic rings. The first-order valence-electron chi connectivity index (χ1n) is 8.88.